The van der Waals surface area contributed by atoms with Gasteiger partial charge in [0.1, 0.15) is 23.5 Å². The van der Waals surface area contributed by atoms with Gasteiger partial charge in [0, 0.05) is 62.5 Å². The van der Waals surface area contributed by atoms with Gasteiger partial charge in [-0.2, -0.15) is 0 Å². The molecule has 32 heteroatoms. The molecule has 4 aliphatic heterocycles. The summed E-state index contributed by atoms with van der Waals surface area (Å²) in [5, 5.41) is 13.4. The Labute approximate surface area is 826 Å². The molecule has 4 aliphatic rings. The third-order valence-electron chi connectivity index (χ3n) is 22.4. The van der Waals surface area contributed by atoms with Gasteiger partial charge in [-0.1, -0.05) is 128 Å². The predicted octanol–water partition coefficient (Wildman–Crippen LogP) is 20.9. The third-order valence-corrected chi connectivity index (χ3v) is 26.9. The average molecular weight is 1980 g/mol. The first-order valence-corrected chi connectivity index (χ1v) is 45.5. The van der Waals surface area contributed by atoms with Crippen LogP contribution in [-0.2, 0) is 72.2 Å². The molecule has 0 aliphatic carbocycles. The summed E-state index contributed by atoms with van der Waals surface area (Å²) in [6.45, 7) is 14.8. The van der Waals surface area contributed by atoms with Crippen LogP contribution in [0.3, 0.4) is 0 Å². The molecule has 0 spiro atoms. The van der Waals surface area contributed by atoms with Gasteiger partial charge in [-0.25, -0.2) is 27.2 Å². The Morgan fingerprint density at radius 1 is 0.432 bits per heavy atom. The first-order valence-electron chi connectivity index (χ1n) is 42.6. The number of rotatable bonds is 25. The SMILES string of the molecule is C.C.COC(=O)[C@@]1(Sc2ccc(C)cc2)CC(=O)N(Cc2ccc(OC)cc2C)C1c1ccc(F)c(OC)c1.COC(=O)[C@@]1(Sc2ccc(C)cc2)CC(=O)NC1c1ccc(F)c(OC)c1.COc1cc(C)ccc1CN.COc1cc(C=O)ccc1F.COc1ccc(CN2C(=O)C[C@](Sc3ccc(C)cc3)(C(=O)O)C2c2ccc(F)c(OC)c2)c(C)c1.Cc1ccc(S)cc1.O=C1C=CC(=O)O1. The fourth-order valence-corrected chi connectivity index (χ4v) is 19.5. The number of carboxylic acid groups (broad SMARTS) is 1. The highest BCUT2D eigenvalue weighted by Gasteiger charge is 2.61. The number of amides is 3. The summed E-state index contributed by atoms with van der Waals surface area (Å²) < 4.78 is 101. The highest BCUT2D eigenvalue weighted by molar-refractivity contribution is 8.02. The minimum atomic E-state index is -1.53. The summed E-state index contributed by atoms with van der Waals surface area (Å²) in [4.78, 5) is 116. The maximum Gasteiger partial charge on any atom is 0.338 e. The Kier molecular flexibility index (Phi) is 42.3. The molecule has 3 fully saturated rings. The number of carbonyl (C=O) groups is 9. The lowest BCUT2D eigenvalue weighted by atomic mass is 9.92. The van der Waals surface area contributed by atoms with Crippen molar-refractivity contribution < 1.29 is 113 Å². The van der Waals surface area contributed by atoms with Crippen LogP contribution in [0.2, 0.25) is 0 Å². The van der Waals surface area contributed by atoms with E-state index < -0.39 is 85.5 Å². The molecule has 3 amide bonds. The molecule has 3 saturated heterocycles. The molecular formula is C107H116F4N4O20S4. The van der Waals surface area contributed by atoms with Crippen molar-refractivity contribution in [3.05, 3.63) is 338 Å². The molecule has 0 aromatic heterocycles. The molecule has 4 heterocycles. The van der Waals surface area contributed by atoms with Gasteiger partial charge in [0.05, 0.1) is 101 Å². The number of thioether (sulfide) groups is 3. The lowest BCUT2D eigenvalue weighted by Crippen LogP contribution is -2.42. The summed E-state index contributed by atoms with van der Waals surface area (Å²) >= 11 is 7.85. The fraction of sp³-hybridized carbons (Fsp3) is 0.280. The highest BCUT2D eigenvalue weighted by atomic mass is 32.2. The van der Waals surface area contributed by atoms with Crippen molar-refractivity contribution in [2.24, 2.45) is 5.73 Å². The van der Waals surface area contributed by atoms with Crippen LogP contribution in [0, 0.1) is 71.7 Å². The second-order valence-electron chi connectivity index (χ2n) is 31.8. The van der Waals surface area contributed by atoms with Crippen LogP contribution in [0.5, 0.6) is 40.2 Å². The molecular weight excluding hydrogens is 1870 g/mol. The normalized spacial score (nSPS) is 17.3. The second kappa shape index (κ2) is 52.3. The van der Waals surface area contributed by atoms with Gasteiger partial charge < -0.3 is 73.3 Å². The quantitative estimate of drug-likeness (QED) is 0.0103. The van der Waals surface area contributed by atoms with E-state index in [0.717, 1.165) is 93.8 Å². The Morgan fingerprint density at radius 3 is 1.15 bits per heavy atom. The number of aldehydes is 1. The number of thiol groups is 1. The van der Waals surface area contributed by atoms with E-state index in [-0.39, 0.29) is 87.9 Å². The van der Waals surface area contributed by atoms with Crippen molar-refractivity contribution in [2.45, 2.75) is 154 Å². The largest absolute Gasteiger partial charge is 0.497 e. The molecule has 15 rings (SSSR count). The maximum atomic E-state index is 14.4. The molecule has 3 unspecified atom stereocenters. The number of cyclic esters (lactones) is 2. The third kappa shape index (κ3) is 28.8. The average Bonchev–Trinajstić information content (AvgIpc) is 1.58. The van der Waals surface area contributed by atoms with Crippen molar-refractivity contribution >= 4 is 102 Å². The van der Waals surface area contributed by atoms with E-state index in [1.165, 1.54) is 132 Å². The number of carboxylic acids is 1. The van der Waals surface area contributed by atoms with E-state index >= 15 is 0 Å². The smallest absolute Gasteiger partial charge is 0.338 e. The van der Waals surface area contributed by atoms with Gasteiger partial charge in [0.2, 0.25) is 17.7 Å². The monoisotopic (exact) mass is 1980 g/mol. The first kappa shape index (κ1) is 112. The van der Waals surface area contributed by atoms with Crippen LogP contribution in [0.15, 0.2) is 256 Å². The van der Waals surface area contributed by atoms with Crippen LogP contribution in [0.25, 0.3) is 0 Å². The number of likely N-dealkylation sites (tertiary alicyclic amines) is 2. The molecule has 6 atom stereocenters. The lowest BCUT2D eigenvalue weighted by molar-refractivity contribution is -0.150. The number of nitrogens with zero attached hydrogens (tertiary/aromatic N) is 2. The van der Waals surface area contributed by atoms with Crippen molar-refractivity contribution in [2.75, 3.05) is 64.0 Å². The van der Waals surface area contributed by atoms with Gasteiger partial charge in [0.15, 0.2) is 60.5 Å². The van der Waals surface area contributed by atoms with Crippen molar-refractivity contribution in [1.29, 1.82) is 0 Å². The van der Waals surface area contributed by atoms with Gasteiger partial charge in [-0.3, -0.25) is 33.6 Å². The fourth-order valence-electron chi connectivity index (χ4n) is 15.2. The Morgan fingerprint density at radius 2 is 0.784 bits per heavy atom. The molecule has 139 heavy (non-hydrogen) atoms. The van der Waals surface area contributed by atoms with Crippen LogP contribution in [-0.4, -0.2) is 147 Å². The Bertz CT molecular complexity index is 6120. The molecule has 11 aromatic rings. The topological polar surface area (TPSA) is 311 Å². The number of aliphatic carboxylic acids is 1. The Balaban J connectivity index is 0.000000238. The molecule has 4 N–H and O–H groups in total. The molecule has 0 bridgehead atoms. The van der Waals surface area contributed by atoms with Crippen LogP contribution >= 0.6 is 47.9 Å². The number of esters is 4. The zero-order chi connectivity index (χ0) is 100. The Hall–Kier alpha value is -13.5. The van der Waals surface area contributed by atoms with Crippen LogP contribution < -0.4 is 44.2 Å². The zero-order valence-corrected chi connectivity index (χ0v) is 81.8. The standard InChI is InChI=1S/C29H30FNO5S.C28H28FNO5S.C20H20FNO4S.C9H13NO.C8H7FO2.C7H8S.C4H2O3.2CH4/c1-18-6-11-23(12-7-18)37-29(28(33)36-5)16-26(32)31(17-21-8-10-22(34-3)14-19(21)2)27(29)20-9-13-24(30)25(15-20)35-4;1-17-5-10-22(11-6-17)36-28(27(32)33)15-25(31)30(16-20-7-9-21(34-3)13-18(20)2)26(28)19-8-12-23(29)24(14-19)35-4;1-12-4-7-14(8-5-12)27-20(19(24)26-3)11-17(23)22-18(20)13-6-9-15(21)16(10-13)25-2;1-7-3-4-8(6-10)9(5-7)11-2;1-11-8-4-6(5-10)2-3-7(8)9;1-6-2-4-7(8)5-3-6;5-3-1-2-4(6)7-3;;/h6-15,27H,16-17H2,1-5H3;5-14,26H,15-16H2,1-4H3,(H,32,33);4-10,18H,11H2,1-3H3,(H,22,23);3-5H,6,10H2,1-2H3;2-5H,1H3;2-5,8H,1H3;1-2H;2*1H4/t27?,29-;26?,28-;18?,20-;;;;;;/m111....../s1. The van der Waals surface area contributed by atoms with E-state index in [0.29, 0.717) is 46.6 Å². The molecule has 0 saturated carbocycles. The van der Waals surface area contributed by atoms with E-state index in [2.05, 4.69) is 34.3 Å². The summed E-state index contributed by atoms with van der Waals surface area (Å²) in [7, 11) is 12.9. The number of aryl methyl sites for hydroxylation is 7. The summed E-state index contributed by atoms with van der Waals surface area (Å²) in [6.07, 6.45) is 2.49. The molecule has 0 radical (unpaired) electrons. The lowest BCUT2D eigenvalue weighted by Gasteiger charge is -2.36. The van der Waals surface area contributed by atoms with Gasteiger partial charge in [0.25, 0.3) is 0 Å². The second-order valence-corrected chi connectivity index (χ2v) is 36.5. The van der Waals surface area contributed by atoms with E-state index in [4.69, 9.17) is 43.6 Å². The number of ether oxygens (including phenoxy) is 10. The number of hydrogen-bond donors (Lipinski definition) is 4. The number of nitrogens with two attached hydrogens (primary N) is 1. The molecule has 11 aromatic carbocycles. The predicted molar refractivity (Wildman–Crippen MR) is 533 cm³/mol. The maximum absolute atomic E-state index is 14.4. The number of methoxy groups -OCH3 is 9. The molecule has 24 nitrogen and oxygen atoms in total. The number of benzene rings is 11. The molecule has 736 valence electrons. The highest BCUT2D eigenvalue weighted by Crippen LogP contribution is 2.57. The van der Waals surface area contributed by atoms with Crippen molar-refractivity contribution in [3.8, 4) is 40.2 Å². The minimum absolute atomic E-state index is 0. The number of nitrogens with one attached hydrogen (secondary N) is 1. The van der Waals surface area contributed by atoms with Crippen LogP contribution in [0.4, 0.5) is 17.6 Å². The number of hydrogen-bond acceptors (Lipinski definition) is 24. The van der Waals surface area contributed by atoms with Gasteiger partial charge >= 0.3 is 29.8 Å². The summed E-state index contributed by atoms with van der Waals surface area (Å²) in [5.41, 5.74) is 17.9. The van der Waals surface area contributed by atoms with E-state index in [1.54, 1.807) is 49.3 Å². The number of halogens is 4. The minimum Gasteiger partial charge on any atom is -0.497 e. The van der Waals surface area contributed by atoms with E-state index in [1.807, 2.05) is 193 Å². The summed E-state index contributed by atoms with van der Waals surface area (Å²) in [5.74, 6) is -3.66. The number of carbonyl (C=O) groups excluding carboxylic acids is 8. The van der Waals surface area contributed by atoms with E-state index in [9.17, 15) is 65.8 Å². The zero-order valence-electron chi connectivity index (χ0n) is 78.4. The summed E-state index contributed by atoms with van der Waals surface area (Å²) in [6, 6.07) is 62.9. The first-order chi connectivity index (χ1) is 65.4. The van der Waals surface area contributed by atoms with Crippen LogP contribution in [0.1, 0.15) is 135 Å². The van der Waals surface area contributed by atoms with Gasteiger partial charge in [-0.15, -0.1) is 47.9 Å². The van der Waals surface area contributed by atoms with Gasteiger partial charge in [-0.05, 0) is 226 Å². The van der Waals surface area contributed by atoms with Crippen molar-refractivity contribution in [3.63, 3.8) is 0 Å². The van der Waals surface area contributed by atoms with Crippen molar-refractivity contribution in [1.82, 2.24) is 15.1 Å².